The van der Waals surface area contributed by atoms with Gasteiger partial charge in [-0.3, -0.25) is 0 Å². The molecule has 21 heavy (non-hydrogen) atoms. The third-order valence-corrected chi connectivity index (χ3v) is 3.60. The second kappa shape index (κ2) is 15.2. The van der Waals surface area contributed by atoms with E-state index in [4.69, 9.17) is 0 Å². The van der Waals surface area contributed by atoms with E-state index in [1.165, 1.54) is 38.5 Å². The van der Waals surface area contributed by atoms with Crippen LogP contribution in [-0.2, 0) is 6.42 Å². The van der Waals surface area contributed by atoms with Gasteiger partial charge in [-0.2, -0.15) is 0 Å². The van der Waals surface area contributed by atoms with Crippen LogP contribution in [0, 0.1) is 0 Å². The minimum Gasteiger partial charge on any atom is -0.855 e. The molecule has 0 saturated heterocycles. The molecular weight excluding hydrogens is 250 g/mol. The summed E-state index contributed by atoms with van der Waals surface area (Å²) in [5.41, 5.74) is 1.79. The molecule has 1 aromatic rings. The van der Waals surface area contributed by atoms with Crippen LogP contribution in [0.2, 0.25) is 0 Å². The molecular formula is C17H26Li2O2. The normalized spacial score (nSPS) is 11.4. The van der Waals surface area contributed by atoms with Gasteiger partial charge in [-0.05, 0) is 18.4 Å². The molecule has 0 aromatic heterocycles. The Morgan fingerprint density at radius 3 is 2.10 bits per heavy atom. The van der Waals surface area contributed by atoms with Crippen LogP contribution in [0.5, 0.6) is 0 Å². The SMILES string of the molecule is CCCCCCCCCc1ccccc1C([O-])C[O-].[Li+].[Li+]. The second-order valence-electron chi connectivity index (χ2n) is 5.23. The molecule has 4 heteroatoms. The summed E-state index contributed by atoms with van der Waals surface area (Å²) in [4.78, 5) is 0. The Hall–Kier alpha value is 0.335. The number of hydrogen-bond acceptors (Lipinski definition) is 2. The number of hydrogen-bond donors (Lipinski definition) is 0. The molecule has 0 radical (unpaired) electrons. The van der Waals surface area contributed by atoms with Gasteiger partial charge in [0.25, 0.3) is 0 Å². The summed E-state index contributed by atoms with van der Waals surface area (Å²) in [7, 11) is 0. The van der Waals surface area contributed by atoms with Crippen LogP contribution in [0.1, 0.15) is 69.1 Å². The minimum absolute atomic E-state index is 0. The zero-order valence-corrected chi connectivity index (χ0v) is 14.1. The molecule has 1 rings (SSSR count). The van der Waals surface area contributed by atoms with E-state index in [-0.39, 0.29) is 37.7 Å². The van der Waals surface area contributed by atoms with E-state index in [1.54, 1.807) is 0 Å². The van der Waals surface area contributed by atoms with E-state index < -0.39 is 12.7 Å². The van der Waals surface area contributed by atoms with Crippen molar-refractivity contribution in [2.24, 2.45) is 0 Å². The van der Waals surface area contributed by atoms with E-state index in [9.17, 15) is 10.2 Å². The molecule has 1 atom stereocenters. The molecule has 0 bridgehead atoms. The Morgan fingerprint density at radius 1 is 0.905 bits per heavy atom. The van der Waals surface area contributed by atoms with Crippen LogP contribution >= 0.6 is 0 Å². The molecule has 0 aliphatic rings. The van der Waals surface area contributed by atoms with Gasteiger partial charge in [-0.1, -0.05) is 75.3 Å². The summed E-state index contributed by atoms with van der Waals surface area (Å²) in [5.74, 6) is 0. The topological polar surface area (TPSA) is 46.1 Å². The smallest absolute Gasteiger partial charge is 0.855 e. The standard InChI is InChI=1S/C17H26O2.2Li/c1-2-3-4-5-6-7-8-11-15-12-9-10-13-16(15)17(19)14-18;;/h9-10,12-13,17H,2-8,11,14H2,1H3;;/q-2;2*+1. The molecule has 0 saturated carbocycles. The van der Waals surface area contributed by atoms with Crippen LogP contribution < -0.4 is 47.9 Å². The average molecular weight is 276 g/mol. The van der Waals surface area contributed by atoms with Crippen molar-refractivity contribution >= 4 is 0 Å². The van der Waals surface area contributed by atoms with Crippen LogP contribution in [0.3, 0.4) is 0 Å². The molecule has 0 amide bonds. The first kappa shape index (κ1) is 23.6. The summed E-state index contributed by atoms with van der Waals surface area (Å²) >= 11 is 0. The minimum atomic E-state index is -1.10. The van der Waals surface area contributed by atoms with Gasteiger partial charge in [0.2, 0.25) is 0 Å². The van der Waals surface area contributed by atoms with Crippen LogP contribution in [0.4, 0.5) is 0 Å². The molecule has 0 heterocycles. The summed E-state index contributed by atoms with van der Waals surface area (Å²) in [6.45, 7) is 1.67. The number of unbranched alkanes of at least 4 members (excludes halogenated alkanes) is 6. The first-order valence-electron chi connectivity index (χ1n) is 7.61. The van der Waals surface area contributed by atoms with Gasteiger partial charge < -0.3 is 10.2 Å². The van der Waals surface area contributed by atoms with Crippen LogP contribution in [0.15, 0.2) is 24.3 Å². The van der Waals surface area contributed by atoms with Gasteiger partial charge in [-0.15, -0.1) is 12.7 Å². The first-order chi connectivity index (χ1) is 9.29. The number of aryl methyl sites for hydroxylation is 1. The fourth-order valence-corrected chi connectivity index (χ4v) is 2.44. The van der Waals surface area contributed by atoms with Crippen molar-refractivity contribution in [3.8, 4) is 0 Å². The van der Waals surface area contributed by atoms with Gasteiger partial charge in [0.05, 0.1) is 0 Å². The quantitative estimate of drug-likeness (QED) is 0.333. The zero-order chi connectivity index (χ0) is 13.9. The zero-order valence-electron chi connectivity index (χ0n) is 14.1. The predicted octanol–water partition coefficient (Wildman–Crippen LogP) is -3.25. The van der Waals surface area contributed by atoms with Crippen LogP contribution in [0.25, 0.3) is 0 Å². The van der Waals surface area contributed by atoms with Crippen molar-refractivity contribution in [2.75, 3.05) is 6.61 Å². The van der Waals surface area contributed by atoms with Crippen molar-refractivity contribution in [2.45, 2.75) is 64.4 Å². The largest absolute Gasteiger partial charge is 1.00 e. The third-order valence-electron chi connectivity index (χ3n) is 3.60. The summed E-state index contributed by atoms with van der Waals surface area (Å²) in [6.07, 6.45) is 8.74. The molecule has 0 aliphatic heterocycles. The Kier molecular flexibility index (Phi) is 17.1. The second-order valence-corrected chi connectivity index (χ2v) is 5.23. The van der Waals surface area contributed by atoms with Gasteiger partial charge >= 0.3 is 37.7 Å². The Morgan fingerprint density at radius 2 is 1.48 bits per heavy atom. The predicted molar refractivity (Wildman–Crippen MR) is 75.7 cm³/mol. The van der Waals surface area contributed by atoms with E-state index >= 15 is 0 Å². The molecule has 1 aromatic carbocycles. The van der Waals surface area contributed by atoms with Crippen molar-refractivity contribution in [1.29, 1.82) is 0 Å². The van der Waals surface area contributed by atoms with E-state index in [0.29, 0.717) is 5.56 Å². The molecule has 2 nitrogen and oxygen atoms in total. The van der Waals surface area contributed by atoms with Gasteiger partial charge in [0.1, 0.15) is 0 Å². The van der Waals surface area contributed by atoms with Crippen molar-refractivity contribution in [1.82, 2.24) is 0 Å². The molecule has 0 aliphatic carbocycles. The van der Waals surface area contributed by atoms with Gasteiger partial charge in [-0.25, -0.2) is 0 Å². The maximum Gasteiger partial charge on any atom is 1.00 e. The summed E-state index contributed by atoms with van der Waals surface area (Å²) in [6, 6.07) is 7.61. The van der Waals surface area contributed by atoms with E-state index in [1.807, 2.05) is 24.3 Å². The number of benzene rings is 1. The van der Waals surface area contributed by atoms with Crippen molar-refractivity contribution in [3.05, 3.63) is 35.4 Å². The van der Waals surface area contributed by atoms with Crippen molar-refractivity contribution < 1.29 is 47.9 Å². The fourth-order valence-electron chi connectivity index (χ4n) is 2.44. The first-order valence-corrected chi connectivity index (χ1v) is 7.61. The molecule has 0 fully saturated rings. The molecule has 0 N–H and O–H groups in total. The maximum absolute atomic E-state index is 11.6. The molecule has 108 valence electrons. The maximum atomic E-state index is 11.6. The molecule has 0 spiro atoms. The van der Waals surface area contributed by atoms with Gasteiger partial charge in [0, 0.05) is 0 Å². The monoisotopic (exact) mass is 276 g/mol. The average Bonchev–Trinajstić information content (AvgIpc) is 2.46. The third kappa shape index (κ3) is 9.86. The number of rotatable bonds is 10. The fraction of sp³-hybridized carbons (Fsp3) is 0.647. The summed E-state index contributed by atoms with van der Waals surface area (Å²) < 4.78 is 0. The van der Waals surface area contributed by atoms with Crippen molar-refractivity contribution in [3.63, 3.8) is 0 Å². The van der Waals surface area contributed by atoms with E-state index in [2.05, 4.69) is 6.92 Å². The Labute approximate surface area is 154 Å². The molecule has 1 unspecified atom stereocenters. The van der Waals surface area contributed by atoms with E-state index in [0.717, 1.165) is 18.4 Å². The Bertz CT molecular complexity index is 345. The Balaban J connectivity index is 0. The summed E-state index contributed by atoms with van der Waals surface area (Å²) in [5, 5.41) is 22.4. The van der Waals surface area contributed by atoms with Crippen LogP contribution in [-0.4, -0.2) is 6.61 Å². The van der Waals surface area contributed by atoms with Gasteiger partial charge in [0.15, 0.2) is 0 Å².